The van der Waals surface area contributed by atoms with Crippen molar-refractivity contribution in [1.29, 1.82) is 0 Å². The van der Waals surface area contributed by atoms with Gasteiger partial charge in [-0.05, 0) is 72.5 Å². The maximum absolute atomic E-state index is 5.95. The van der Waals surface area contributed by atoms with Crippen LogP contribution in [-0.4, -0.2) is 45.7 Å². The number of likely N-dealkylation sites (tertiary alicyclic amines) is 1. The minimum absolute atomic E-state index is 0.733. The Labute approximate surface area is 213 Å². The van der Waals surface area contributed by atoms with Crippen molar-refractivity contribution in [3.8, 4) is 28.0 Å². The van der Waals surface area contributed by atoms with E-state index in [0.717, 1.165) is 46.8 Å². The summed E-state index contributed by atoms with van der Waals surface area (Å²) in [5.41, 5.74) is 6.46. The first kappa shape index (κ1) is 24.0. The van der Waals surface area contributed by atoms with Gasteiger partial charge in [0.1, 0.15) is 12.4 Å². The standard InChI is InChI=1S/C29H28N4O.C2H6/c1-21-8-13-27(26-7-3-2-6-25(21)26)28-19-31-33-20-23(18-30-29(28)33)22-9-11-24(12-10-22)34-17-16-32-14-4-5-15-32;1-2/h2-3,6-13,18-20H,4-5,14-17H2,1H3;1-2H3. The van der Waals surface area contributed by atoms with Crippen molar-refractivity contribution in [1.82, 2.24) is 19.5 Å². The van der Waals surface area contributed by atoms with Crippen molar-refractivity contribution >= 4 is 16.4 Å². The van der Waals surface area contributed by atoms with Crippen molar-refractivity contribution in [2.45, 2.75) is 33.6 Å². The smallest absolute Gasteiger partial charge is 0.162 e. The highest BCUT2D eigenvalue weighted by atomic mass is 16.5. The van der Waals surface area contributed by atoms with Crippen LogP contribution < -0.4 is 4.74 Å². The molecule has 0 aliphatic carbocycles. The normalized spacial score (nSPS) is 13.6. The third-order valence-corrected chi connectivity index (χ3v) is 6.85. The zero-order chi connectivity index (χ0) is 24.9. The molecule has 3 aromatic carbocycles. The van der Waals surface area contributed by atoms with E-state index in [9.17, 15) is 0 Å². The van der Waals surface area contributed by atoms with Gasteiger partial charge in [0.2, 0.25) is 0 Å². The minimum atomic E-state index is 0.733. The van der Waals surface area contributed by atoms with E-state index in [2.05, 4.69) is 65.5 Å². The summed E-state index contributed by atoms with van der Waals surface area (Å²) in [4.78, 5) is 7.27. The van der Waals surface area contributed by atoms with Crippen molar-refractivity contribution in [3.63, 3.8) is 0 Å². The molecule has 5 nitrogen and oxygen atoms in total. The fourth-order valence-corrected chi connectivity index (χ4v) is 4.94. The lowest BCUT2D eigenvalue weighted by Crippen LogP contribution is -2.25. The maximum atomic E-state index is 5.95. The predicted molar refractivity (Wildman–Crippen MR) is 149 cm³/mol. The summed E-state index contributed by atoms with van der Waals surface area (Å²) in [6, 6.07) is 21.1. The van der Waals surface area contributed by atoms with Gasteiger partial charge >= 0.3 is 0 Å². The van der Waals surface area contributed by atoms with Crippen LogP contribution in [0, 0.1) is 6.92 Å². The van der Waals surface area contributed by atoms with Gasteiger partial charge < -0.3 is 4.74 Å². The summed E-state index contributed by atoms with van der Waals surface area (Å²) in [6.45, 7) is 10.3. The van der Waals surface area contributed by atoms with E-state index in [4.69, 9.17) is 9.72 Å². The molecule has 2 aromatic heterocycles. The van der Waals surface area contributed by atoms with Crippen molar-refractivity contribution in [2.75, 3.05) is 26.2 Å². The molecule has 184 valence electrons. The number of nitrogens with zero attached hydrogens (tertiary/aromatic N) is 4. The fourth-order valence-electron chi connectivity index (χ4n) is 4.94. The molecule has 0 bridgehead atoms. The molecule has 0 unspecified atom stereocenters. The van der Waals surface area contributed by atoms with E-state index >= 15 is 0 Å². The number of ether oxygens (including phenoxy) is 1. The molecule has 1 saturated heterocycles. The highest BCUT2D eigenvalue weighted by Crippen LogP contribution is 2.33. The number of fused-ring (bicyclic) bond motifs is 2. The lowest BCUT2D eigenvalue weighted by molar-refractivity contribution is 0.238. The topological polar surface area (TPSA) is 42.7 Å². The second-order valence-corrected chi connectivity index (χ2v) is 9.07. The molecule has 3 heterocycles. The third-order valence-electron chi connectivity index (χ3n) is 6.85. The van der Waals surface area contributed by atoms with E-state index in [1.54, 1.807) is 0 Å². The molecule has 5 heteroatoms. The zero-order valence-corrected chi connectivity index (χ0v) is 21.4. The summed E-state index contributed by atoms with van der Waals surface area (Å²) < 4.78 is 7.82. The Hall–Kier alpha value is -3.70. The van der Waals surface area contributed by atoms with Crippen molar-refractivity contribution in [2.24, 2.45) is 0 Å². The van der Waals surface area contributed by atoms with Crippen molar-refractivity contribution in [3.05, 3.63) is 84.8 Å². The number of aryl methyl sites for hydroxylation is 1. The Morgan fingerprint density at radius 1 is 0.806 bits per heavy atom. The monoisotopic (exact) mass is 478 g/mol. The highest BCUT2D eigenvalue weighted by molar-refractivity contribution is 6.01. The summed E-state index contributed by atoms with van der Waals surface area (Å²) in [5, 5.41) is 7.12. The van der Waals surface area contributed by atoms with E-state index in [-0.39, 0.29) is 0 Å². The number of hydrogen-bond donors (Lipinski definition) is 0. The first-order valence-electron chi connectivity index (χ1n) is 13.0. The Morgan fingerprint density at radius 3 is 2.33 bits per heavy atom. The van der Waals surface area contributed by atoms with Crippen LogP contribution in [0.15, 0.2) is 79.3 Å². The largest absolute Gasteiger partial charge is 0.492 e. The second kappa shape index (κ2) is 10.9. The maximum Gasteiger partial charge on any atom is 0.162 e. The number of aromatic nitrogens is 3. The molecule has 0 N–H and O–H groups in total. The van der Waals surface area contributed by atoms with E-state index in [1.807, 2.05) is 49.1 Å². The van der Waals surface area contributed by atoms with Crippen LogP contribution in [0.2, 0.25) is 0 Å². The van der Waals surface area contributed by atoms with Gasteiger partial charge in [-0.25, -0.2) is 9.50 Å². The molecular formula is C31H34N4O. The van der Waals surface area contributed by atoms with Gasteiger partial charge in [0, 0.05) is 30.1 Å². The van der Waals surface area contributed by atoms with Crippen LogP contribution in [0.4, 0.5) is 0 Å². The van der Waals surface area contributed by atoms with Gasteiger partial charge in [-0.1, -0.05) is 62.4 Å². The zero-order valence-electron chi connectivity index (χ0n) is 21.4. The van der Waals surface area contributed by atoms with Crippen LogP contribution in [0.3, 0.4) is 0 Å². The van der Waals surface area contributed by atoms with Gasteiger partial charge in [-0.3, -0.25) is 4.90 Å². The van der Waals surface area contributed by atoms with Gasteiger partial charge in [0.15, 0.2) is 5.65 Å². The van der Waals surface area contributed by atoms with Gasteiger partial charge in [0.25, 0.3) is 0 Å². The lowest BCUT2D eigenvalue weighted by atomic mass is 9.97. The van der Waals surface area contributed by atoms with Gasteiger partial charge in [0.05, 0.1) is 6.20 Å². The predicted octanol–water partition coefficient (Wildman–Crippen LogP) is 7.03. The molecule has 0 radical (unpaired) electrons. The number of hydrogen-bond acceptors (Lipinski definition) is 4. The summed E-state index contributed by atoms with van der Waals surface area (Å²) in [7, 11) is 0. The number of rotatable bonds is 6. The Balaban J connectivity index is 0.00000130. The molecule has 5 aromatic rings. The first-order valence-corrected chi connectivity index (χ1v) is 13.0. The molecule has 1 aliphatic heterocycles. The molecule has 36 heavy (non-hydrogen) atoms. The quantitative estimate of drug-likeness (QED) is 0.263. The fraction of sp³-hybridized carbons (Fsp3) is 0.290. The minimum Gasteiger partial charge on any atom is -0.492 e. The van der Waals surface area contributed by atoms with Crippen LogP contribution in [0.5, 0.6) is 5.75 Å². The third kappa shape index (κ3) is 4.84. The van der Waals surface area contributed by atoms with E-state index < -0.39 is 0 Å². The molecule has 1 fully saturated rings. The number of benzene rings is 3. The average molecular weight is 479 g/mol. The highest BCUT2D eigenvalue weighted by Gasteiger charge is 2.13. The molecule has 0 spiro atoms. The summed E-state index contributed by atoms with van der Waals surface area (Å²) in [6.07, 6.45) is 8.52. The van der Waals surface area contributed by atoms with Crippen LogP contribution in [0.1, 0.15) is 32.3 Å². The van der Waals surface area contributed by atoms with E-state index in [1.165, 1.54) is 42.3 Å². The molecule has 1 aliphatic rings. The summed E-state index contributed by atoms with van der Waals surface area (Å²) >= 11 is 0. The van der Waals surface area contributed by atoms with Crippen LogP contribution in [0.25, 0.3) is 38.7 Å². The SMILES string of the molecule is CC.Cc1ccc(-c2cnn3cc(-c4ccc(OCCN5CCCC5)cc4)cnc23)c2ccccc12. The van der Waals surface area contributed by atoms with Crippen molar-refractivity contribution < 1.29 is 4.74 Å². The average Bonchev–Trinajstić information content (AvgIpc) is 3.61. The van der Waals surface area contributed by atoms with Crippen LogP contribution in [-0.2, 0) is 0 Å². The molecule has 6 rings (SSSR count). The molecule has 0 atom stereocenters. The Morgan fingerprint density at radius 2 is 1.56 bits per heavy atom. The molecule has 0 saturated carbocycles. The first-order chi connectivity index (χ1) is 17.8. The summed E-state index contributed by atoms with van der Waals surface area (Å²) in [5.74, 6) is 0.907. The van der Waals surface area contributed by atoms with Gasteiger partial charge in [-0.2, -0.15) is 5.10 Å². The Kier molecular flexibility index (Phi) is 7.28. The van der Waals surface area contributed by atoms with Crippen LogP contribution >= 0.6 is 0 Å². The molecular weight excluding hydrogens is 444 g/mol. The van der Waals surface area contributed by atoms with E-state index in [0.29, 0.717) is 0 Å². The van der Waals surface area contributed by atoms with Gasteiger partial charge in [-0.15, -0.1) is 0 Å². The molecule has 0 amide bonds. The lowest BCUT2D eigenvalue weighted by Gasteiger charge is -2.15. The Bertz CT molecular complexity index is 1450. The second-order valence-electron chi connectivity index (χ2n) is 9.07.